The molecule has 2 N–H and O–H groups in total. The van der Waals surface area contributed by atoms with E-state index in [0.717, 1.165) is 6.42 Å². The topological polar surface area (TPSA) is 83.5 Å². The minimum absolute atomic E-state index is 0.185. The number of sulfonamides is 1. The lowest BCUT2D eigenvalue weighted by atomic mass is 9.58. The Morgan fingerprint density at radius 1 is 1.24 bits per heavy atom. The van der Waals surface area contributed by atoms with Gasteiger partial charge in [0, 0.05) is 18.0 Å². The van der Waals surface area contributed by atoms with Gasteiger partial charge >= 0.3 is 5.97 Å². The summed E-state index contributed by atoms with van der Waals surface area (Å²) in [7, 11) is -3.58. The van der Waals surface area contributed by atoms with Gasteiger partial charge in [0.05, 0.1) is 4.90 Å². The SMILES string of the molecule is Cc1cc(Cl)ccc1S(=O)(=O)NC[C@@H]1C2CCC(CC2)[C@@H]1/C=C\CCCC(=O)O. The van der Waals surface area contributed by atoms with Crippen molar-refractivity contribution >= 4 is 27.6 Å². The third-order valence-corrected chi connectivity index (χ3v) is 8.33. The number of rotatable bonds is 9. The summed E-state index contributed by atoms with van der Waals surface area (Å²) in [6.45, 7) is 2.20. The Bertz CT molecular complexity index is 860. The molecule has 160 valence electrons. The van der Waals surface area contributed by atoms with Crippen LogP contribution in [-0.4, -0.2) is 26.0 Å². The summed E-state index contributed by atoms with van der Waals surface area (Å²) in [5, 5.41) is 9.29. The van der Waals surface area contributed by atoms with Crippen LogP contribution in [0.15, 0.2) is 35.2 Å². The summed E-state index contributed by atoms with van der Waals surface area (Å²) in [6, 6.07) is 4.84. The largest absolute Gasteiger partial charge is 0.481 e. The van der Waals surface area contributed by atoms with E-state index < -0.39 is 16.0 Å². The molecule has 0 saturated heterocycles. The standard InChI is InChI=1S/C22H30ClNO4S/c1-15-13-18(23)11-12-21(15)29(27,28)24-14-20-17-9-7-16(8-10-17)19(20)5-3-2-4-6-22(25)26/h3,5,11-13,16-17,19-20,24H,2,4,6-10,14H2,1H3,(H,25,26)/b5-3-/t16?,17?,19-,20+/m0/s1. The van der Waals surface area contributed by atoms with Gasteiger partial charge in [0.15, 0.2) is 0 Å². The fraction of sp³-hybridized carbons (Fsp3) is 0.591. The highest BCUT2D eigenvalue weighted by Crippen LogP contribution is 2.49. The van der Waals surface area contributed by atoms with Crippen molar-refractivity contribution in [1.82, 2.24) is 4.72 Å². The van der Waals surface area contributed by atoms with Gasteiger partial charge in [-0.2, -0.15) is 0 Å². The maximum atomic E-state index is 12.9. The van der Waals surface area contributed by atoms with Gasteiger partial charge in [0.25, 0.3) is 0 Å². The molecule has 0 unspecified atom stereocenters. The smallest absolute Gasteiger partial charge is 0.303 e. The molecule has 0 amide bonds. The van der Waals surface area contributed by atoms with Crippen molar-refractivity contribution in [3.05, 3.63) is 40.9 Å². The molecule has 3 aliphatic carbocycles. The zero-order valence-corrected chi connectivity index (χ0v) is 18.4. The number of hydrogen-bond donors (Lipinski definition) is 2. The Labute approximate surface area is 178 Å². The van der Waals surface area contributed by atoms with Crippen LogP contribution in [0.1, 0.15) is 50.5 Å². The molecule has 3 fully saturated rings. The van der Waals surface area contributed by atoms with Crippen LogP contribution in [0.4, 0.5) is 0 Å². The molecule has 3 saturated carbocycles. The van der Waals surface area contributed by atoms with E-state index in [-0.39, 0.29) is 11.3 Å². The van der Waals surface area contributed by atoms with Gasteiger partial charge in [0.1, 0.15) is 0 Å². The van der Waals surface area contributed by atoms with Crippen LogP contribution in [0.3, 0.4) is 0 Å². The molecule has 0 heterocycles. The van der Waals surface area contributed by atoms with Gasteiger partial charge in [-0.1, -0.05) is 23.8 Å². The molecule has 4 rings (SSSR count). The van der Waals surface area contributed by atoms with Crippen molar-refractivity contribution in [1.29, 1.82) is 0 Å². The first-order chi connectivity index (χ1) is 13.8. The number of fused-ring (bicyclic) bond motifs is 3. The number of unbranched alkanes of at least 4 members (excludes halogenated alkanes) is 1. The number of carbonyl (C=O) groups is 1. The van der Waals surface area contributed by atoms with E-state index in [2.05, 4.69) is 16.9 Å². The summed E-state index contributed by atoms with van der Waals surface area (Å²) in [5.74, 6) is 1.03. The predicted octanol–water partition coefficient (Wildman–Crippen LogP) is 4.79. The van der Waals surface area contributed by atoms with E-state index in [1.165, 1.54) is 25.7 Å². The zero-order valence-electron chi connectivity index (χ0n) is 16.8. The van der Waals surface area contributed by atoms with E-state index in [4.69, 9.17) is 16.7 Å². The number of benzene rings is 1. The number of carboxylic acids is 1. The van der Waals surface area contributed by atoms with Crippen LogP contribution < -0.4 is 4.72 Å². The minimum atomic E-state index is -3.58. The summed E-state index contributed by atoms with van der Waals surface area (Å²) in [5.41, 5.74) is 0.644. The lowest BCUT2D eigenvalue weighted by Gasteiger charge is -2.48. The maximum Gasteiger partial charge on any atom is 0.303 e. The highest BCUT2D eigenvalue weighted by molar-refractivity contribution is 7.89. The highest BCUT2D eigenvalue weighted by atomic mass is 35.5. The summed E-state index contributed by atoms with van der Waals surface area (Å²) < 4.78 is 28.6. The van der Waals surface area contributed by atoms with Gasteiger partial charge in [-0.25, -0.2) is 13.1 Å². The van der Waals surface area contributed by atoms with E-state index in [1.54, 1.807) is 25.1 Å². The minimum Gasteiger partial charge on any atom is -0.481 e. The molecule has 7 heteroatoms. The number of hydrogen-bond acceptors (Lipinski definition) is 3. The van der Waals surface area contributed by atoms with E-state index in [9.17, 15) is 13.2 Å². The van der Waals surface area contributed by atoms with E-state index >= 15 is 0 Å². The molecule has 0 radical (unpaired) electrons. The van der Waals surface area contributed by atoms with Crippen molar-refractivity contribution < 1.29 is 18.3 Å². The highest BCUT2D eigenvalue weighted by Gasteiger charge is 2.42. The van der Waals surface area contributed by atoms with Crippen molar-refractivity contribution in [2.24, 2.45) is 23.7 Å². The van der Waals surface area contributed by atoms with Gasteiger partial charge < -0.3 is 5.11 Å². The average molecular weight is 440 g/mol. The van der Waals surface area contributed by atoms with Crippen LogP contribution >= 0.6 is 11.6 Å². The number of carboxylic acid groups (broad SMARTS) is 1. The van der Waals surface area contributed by atoms with Crippen molar-refractivity contribution in [3.8, 4) is 0 Å². The molecule has 2 atom stereocenters. The Kier molecular flexibility index (Phi) is 7.41. The van der Waals surface area contributed by atoms with Crippen LogP contribution in [-0.2, 0) is 14.8 Å². The molecule has 0 aliphatic heterocycles. The lowest BCUT2D eigenvalue weighted by molar-refractivity contribution is -0.137. The third-order valence-electron chi connectivity index (χ3n) is 6.52. The lowest BCUT2D eigenvalue weighted by Crippen LogP contribution is -2.45. The Balaban J connectivity index is 1.66. The Morgan fingerprint density at radius 2 is 1.93 bits per heavy atom. The molecule has 0 aromatic heterocycles. The van der Waals surface area contributed by atoms with Gasteiger partial charge in [-0.15, -0.1) is 0 Å². The molecular weight excluding hydrogens is 410 g/mol. The molecule has 1 aromatic rings. The zero-order chi connectivity index (χ0) is 21.0. The Hall–Kier alpha value is -1.37. The number of aryl methyl sites for hydroxylation is 1. The average Bonchev–Trinajstić information content (AvgIpc) is 2.67. The summed E-state index contributed by atoms with van der Waals surface area (Å²) >= 11 is 5.96. The molecule has 29 heavy (non-hydrogen) atoms. The second kappa shape index (κ2) is 9.63. The van der Waals surface area contributed by atoms with Crippen LogP contribution in [0.25, 0.3) is 0 Å². The predicted molar refractivity (Wildman–Crippen MR) is 114 cm³/mol. The maximum absolute atomic E-state index is 12.9. The van der Waals surface area contributed by atoms with E-state index in [1.807, 2.05) is 0 Å². The first-order valence-electron chi connectivity index (χ1n) is 10.4. The van der Waals surface area contributed by atoms with Crippen LogP contribution in [0.2, 0.25) is 5.02 Å². The van der Waals surface area contributed by atoms with Crippen molar-refractivity contribution in [3.63, 3.8) is 0 Å². The molecule has 0 spiro atoms. The quantitative estimate of drug-likeness (QED) is 0.428. The normalized spacial score (nSPS) is 26.8. The van der Waals surface area contributed by atoms with Gasteiger partial charge in [-0.05, 0) is 92.9 Å². The first-order valence-corrected chi connectivity index (χ1v) is 12.3. The second-order valence-electron chi connectivity index (χ2n) is 8.39. The summed E-state index contributed by atoms with van der Waals surface area (Å²) in [4.78, 5) is 10.9. The monoisotopic (exact) mass is 439 g/mol. The van der Waals surface area contributed by atoms with Crippen molar-refractivity contribution in [2.45, 2.75) is 56.8 Å². The molecular formula is C22H30ClNO4S. The molecule has 2 bridgehead atoms. The fourth-order valence-electron chi connectivity index (χ4n) is 5.05. The number of allylic oxidation sites excluding steroid dienone is 2. The van der Waals surface area contributed by atoms with Gasteiger partial charge in [0.2, 0.25) is 10.0 Å². The molecule has 3 aliphatic rings. The van der Waals surface area contributed by atoms with E-state index in [0.29, 0.717) is 47.2 Å². The van der Waals surface area contributed by atoms with Gasteiger partial charge in [-0.3, -0.25) is 4.79 Å². The Morgan fingerprint density at radius 3 is 2.59 bits per heavy atom. The molecule has 5 nitrogen and oxygen atoms in total. The fourth-order valence-corrected chi connectivity index (χ4v) is 6.57. The summed E-state index contributed by atoms with van der Waals surface area (Å²) in [6.07, 6.45) is 10.6. The number of nitrogens with one attached hydrogen (secondary N) is 1. The molecule has 1 aromatic carbocycles. The van der Waals surface area contributed by atoms with Crippen LogP contribution in [0.5, 0.6) is 0 Å². The van der Waals surface area contributed by atoms with Crippen LogP contribution in [0, 0.1) is 30.6 Å². The number of aliphatic carboxylic acids is 1. The van der Waals surface area contributed by atoms with Crippen molar-refractivity contribution in [2.75, 3.05) is 6.54 Å². The first kappa shape index (κ1) is 22.3. The number of halogens is 1. The second-order valence-corrected chi connectivity index (χ2v) is 10.6. The third kappa shape index (κ3) is 5.62.